The molecule has 4 aromatic rings. The molecule has 0 fully saturated rings. The summed E-state index contributed by atoms with van der Waals surface area (Å²) in [5.74, 6) is 0.310. The number of hydrogen-bond acceptors (Lipinski definition) is 5. The predicted octanol–water partition coefficient (Wildman–Crippen LogP) is 2.59. The molecule has 0 saturated heterocycles. The third kappa shape index (κ3) is 2.50. The van der Waals surface area contributed by atoms with Gasteiger partial charge in [-0.3, -0.25) is 14.8 Å². The second-order valence-electron chi connectivity index (χ2n) is 5.99. The van der Waals surface area contributed by atoms with Gasteiger partial charge in [0.05, 0.1) is 11.2 Å². The Morgan fingerprint density at radius 1 is 1.12 bits per heavy atom. The first kappa shape index (κ1) is 15.9. The molecule has 0 atom stereocenters. The molecule has 7 heteroatoms. The van der Waals surface area contributed by atoms with Crippen LogP contribution in [0.5, 0.6) is 0 Å². The topological polar surface area (TPSA) is 99.6 Å². The van der Waals surface area contributed by atoms with Gasteiger partial charge in [0.1, 0.15) is 11.3 Å². The second-order valence-corrected chi connectivity index (χ2v) is 5.99. The zero-order valence-electron chi connectivity index (χ0n) is 14.3. The number of pyridine rings is 2. The van der Waals surface area contributed by atoms with Crippen molar-refractivity contribution in [3.8, 4) is 17.3 Å². The van der Waals surface area contributed by atoms with Crippen LogP contribution >= 0.6 is 0 Å². The van der Waals surface area contributed by atoms with E-state index in [9.17, 15) is 4.79 Å². The normalized spacial score (nSPS) is 11.0. The van der Waals surface area contributed by atoms with E-state index in [2.05, 4.69) is 19.9 Å². The van der Waals surface area contributed by atoms with Crippen LogP contribution in [0.4, 0.5) is 0 Å². The molecule has 4 heterocycles. The van der Waals surface area contributed by atoms with Crippen LogP contribution in [0.1, 0.15) is 21.6 Å². The highest BCUT2D eigenvalue weighted by molar-refractivity contribution is 5.98. The number of aryl methyl sites for hydroxylation is 2. The van der Waals surface area contributed by atoms with Crippen LogP contribution in [0.25, 0.3) is 28.2 Å². The van der Waals surface area contributed by atoms with Crippen molar-refractivity contribution in [2.75, 3.05) is 0 Å². The highest BCUT2D eigenvalue weighted by atomic mass is 16.1. The molecule has 0 aliphatic heterocycles. The third-order valence-corrected chi connectivity index (χ3v) is 4.24. The zero-order valence-corrected chi connectivity index (χ0v) is 14.3. The number of rotatable bonds is 3. The summed E-state index contributed by atoms with van der Waals surface area (Å²) in [4.78, 5) is 29.7. The summed E-state index contributed by atoms with van der Waals surface area (Å²) in [6.07, 6.45) is 7.09. The first-order valence-corrected chi connectivity index (χ1v) is 8.08. The lowest BCUT2D eigenvalue weighted by Gasteiger charge is -2.12. The number of nitrogens with two attached hydrogens (primary N) is 1. The number of carbonyl (C=O) groups excluding carboxylic acids is 1. The lowest BCUT2D eigenvalue weighted by molar-refractivity contribution is 0.0999. The summed E-state index contributed by atoms with van der Waals surface area (Å²) in [5, 5.41) is 0.985. The standard InChI is InChI=1S/C19H16N6O/c1-11-10-25(15-6-8-21-9-13(11)15)19-16(17(20)26)12(2)23-18(24-19)14-5-3-4-7-22-14/h3-10H,1-2H3,(H2,20,26). The van der Waals surface area contributed by atoms with E-state index in [1.54, 1.807) is 25.5 Å². The van der Waals surface area contributed by atoms with Gasteiger partial charge in [0.25, 0.3) is 5.91 Å². The SMILES string of the molecule is Cc1nc(-c2ccccn2)nc(-n2cc(C)c3cnccc32)c1C(N)=O. The van der Waals surface area contributed by atoms with Crippen molar-refractivity contribution in [1.29, 1.82) is 0 Å². The largest absolute Gasteiger partial charge is 0.365 e. The molecule has 1 amide bonds. The van der Waals surface area contributed by atoms with Crippen molar-refractivity contribution in [1.82, 2.24) is 24.5 Å². The first-order chi connectivity index (χ1) is 12.6. The highest BCUT2D eigenvalue weighted by Crippen LogP contribution is 2.26. The van der Waals surface area contributed by atoms with Crippen molar-refractivity contribution < 1.29 is 4.79 Å². The van der Waals surface area contributed by atoms with Crippen LogP contribution in [0.2, 0.25) is 0 Å². The van der Waals surface area contributed by atoms with Gasteiger partial charge in [0.2, 0.25) is 0 Å². The number of nitrogens with zero attached hydrogens (tertiary/aromatic N) is 5. The second kappa shape index (κ2) is 6.03. The van der Waals surface area contributed by atoms with E-state index in [4.69, 9.17) is 5.73 Å². The number of hydrogen-bond donors (Lipinski definition) is 1. The van der Waals surface area contributed by atoms with Gasteiger partial charge in [0.15, 0.2) is 11.6 Å². The number of fused-ring (bicyclic) bond motifs is 1. The van der Waals surface area contributed by atoms with Crippen molar-refractivity contribution in [2.45, 2.75) is 13.8 Å². The van der Waals surface area contributed by atoms with Crippen LogP contribution in [-0.4, -0.2) is 30.4 Å². The minimum atomic E-state index is -0.571. The van der Waals surface area contributed by atoms with Gasteiger partial charge in [-0.15, -0.1) is 0 Å². The quantitative estimate of drug-likeness (QED) is 0.616. The van der Waals surface area contributed by atoms with E-state index in [-0.39, 0.29) is 0 Å². The maximum atomic E-state index is 12.1. The summed E-state index contributed by atoms with van der Waals surface area (Å²) in [6.45, 7) is 3.73. The maximum Gasteiger partial charge on any atom is 0.254 e. The van der Waals surface area contributed by atoms with Crippen LogP contribution in [0.3, 0.4) is 0 Å². The zero-order chi connectivity index (χ0) is 18.3. The van der Waals surface area contributed by atoms with Crippen molar-refractivity contribution >= 4 is 16.8 Å². The molecular formula is C19H16N6O. The average molecular weight is 344 g/mol. The molecule has 7 nitrogen and oxygen atoms in total. The van der Waals surface area contributed by atoms with Gasteiger partial charge in [-0.1, -0.05) is 6.07 Å². The molecule has 26 heavy (non-hydrogen) atoms. The Kier molecular flexibility index (Phi) is 3.69. The molecule has 0 saturated carbocycles. The molecule has 0 unspecified atom stereocenters. The third-order valence-electron chi connectivity index (χ3n) is 4.24. The molecule has 0 bridgehead atoms. The lowest BCUT2D eigenvalue weighted by Crippen LogP contribution is -2.19. The van der Waals surface area contributed by atoms with Gasteiger partial charge >= 0.3 is 0 Å². The molecule has 128 valence electrons. The van der Waals surface area contributed by atoms with Gasteiger partial charge in [-0.25, -0.2) is 9.97 Å². The van der Waals surface area contributed by atoms with E-state index >= 15 is 0 Å². The van der Waals surface area contributed by atoms with Gasteiger partial charge in [-0.05, 0) is 37.6 Å². The van der Waals surface area contributed by atoms with E-state index in [0.29, 0.717) is 28.6 Å². The number of carbonyl (C=O) groups is 1. The summed E-state index contributed by atoms with van der Waals surface area (Å²) in [5.41, 5.74) is 8.98. The Balaban J connectivity index is 2.05. The van der Waals surface area contributed by atoms with Crippen LogP contribution in [-0.2, 0) is 0 Å². The highest BCUT2D eigenvalue weighted by Gasteiger charge is 2.20. The smallest absolute Gasteiger partial charge is 0.254 e. The average Bonchev–Trinajstić information content (AvgIpc) is 2.98. The summed E-state index contributed by atoms with van der Waals surface area (Å²) >= 11 is 0. The molecular weight excluding hydrogens is 328 g/mol. The fourth-order valence-corrected chi connectivity index (χ4v) is 3.04. The molecule has 0 radical (unpaired) electrons. The number of amides is 1. The van der Waals surface area contributed by atoms with E-state index in [1.165, 1.54) is 0 Å². The fraction of sp³-hybridized carbons (Fsp3) is 0.105. The van der Waals surface area contributed by atoms with Crippen molar-refractivity contribution in [3.05, 3.63) is 65.9 Å². The Morgan fingerprint density at radius 3 is 2.69 bits per heavy atom. The monoisotopic (exact) mass is 344 g/mol. The van der Waals surface area contributed by atoms with Crippen LogP contribution in [0, 0.1) is 13.8 Å². The Bertz CT molecular complexity index is 1130. The van der Waals surface area contributed by atoms with Crippen molar-refractivity contribution in [2.24, 2.45) is 5.73 Å². The van der Waals surface area contributed by atoms with E-state index < -0.39 is 5.91 Å². The van der Waals surface area contributed by atoms with E-state index in [1.807, 2.05) is 42.0 Å². The van der Waals surface area contributed by atoms with Crippen LogP contribution in [0.15, 0.2) is 49.1 Å². The summed E-state index contributed by atoms with van der Waals surface area (Å²) in [7, 11) is 0. The minimum Gasteiger partial charge on any atom is -0.365 e. The first-order valence-electron chi connectivity index (χ1n) is 8.08. The molecule has 4 rings (SSSR count). The molecule has 0 aliphatic carbocycles. The fourth-order valence-electron chi connectivity index (χ4n) is 3.04. The van der Waals surface area contributed by atoms with Crippen LogP contribution < -0.4 is 5.73 Å². The molecule has 0 spiro atoms. The van der Waals surface area contributed by atoms with Gasteiger partial charge < -0.3 is 10.3 Å². The molecule has 2 N–H and O–H groups in total. The molecule has 4 aromatic heterocycles. The van der Waals surface area contributed by atoms with Crippen molar-refractivity contribution in [3.63, 3.8) is 0 Å². The van der Waals surface area contributed by atoms with Gasteiger partial charge in [-0.2, -0.15) is 0 Å². The predicted molar refractivity (Wildman–Crippen MR) is 97.9 cm³/mol. The summed E-state index contributed by atoms with van der Waals surface area (Å²) in [6, 6.07) is 7.39. The number of aromatic nitrogens is 5. The van der Waals surface area contributed by atoms with E-state index in [0.717, 1.165) is 16.5 Å². The molecule has 0 aromatic carbocycles. The lowest BCUT2D eigenvalue weighted by atomic mass is 10.2. The molecule has 0 aliphatic rings. The summed E-state index contributed by atoms with van der Waals surface area (Å²) < 4.78 is 1.85. The Morgan fingerprint density at radius 2 is 1.96 bits per heavy atom. The van der Waals surface area contributed by atoms with Gasteiger partial charge in [0, 0.05) is 30.2 Å². The minimum absolute atomic E-state index is 0.290. The Hall–Kier alpha value is -3.61. The maximum absolute atomic E-state index is 12.1. The number of primary amides is 1. The Labute approximate surface area is 149 Å².